The zero-order valence-corrected chi connectivity index (χ0v) is 11.8. The second-order valence-electron chi connectivity index (χ2n) is 3.91. The highest BCUT2D eigenvalue weighted by Gasteiger charge is 2.17. The van der Waals surface area contributed by atoms with Crippen molar-refractivity contribution in [2.75, 3.05) is 5.75 Å². The molecule has 20 heavy (non-hydrogen) atoms. The van der Waals surface area contributed by atoms with Crippen molar-refractivity contribution >= 4 is 29.5 Å². The van der Waals surface area contributed by atoms with Crippen LogP contribution >= 0.6 is 11.8 Å². The molecule has 0 heterocycles. The predicted molar refractivity (Wildman–Crippen MR) is 76.2 cm³/mol. The van der Waals surface area contributed by atoms with Crippen LogP contribution in [0.4, 0.5) is 0 Å². The van der Waals surface area contributed by atoms with E-state index in [0.29, 0.717) is 12.0 Å². The van der Waals surface area contributed by atoms with E-state index in [4.69, 9.17) is 5.11 Å². The Bertz CT molecular complexity index is 479. The van der Waals surface area contributed by atoms with Crippen molar-refractivity contribution in [2.24, 2.45) is 0 Å². The smallest absolute Gasteiger partial charge is 0.316 e. The maximum absolute atomic E-state index is 11.6. The minimum atomic E-state index is -0.946. The largest absolute Gasteiger partial charge is 0.480 e. The third-order valence-corrected chi connectivity index (χ3v) is 3.78. The summed E-state index contributed by atoms with van der Waals surface area (Å²) in [6.45, 7) is 1.74. The van der Waals surface area contributed by atoms with Crippen molar-refractivity contribution in [1.82, 2.24) is 10.9 Å². The molecule has 0 aliphatic heterocycles. The summed E-state index contributed by atoms with van der Waals surface area (Å²) in [6.07, 6.45) is 0.434. The number of hydrazine groups is 1. The summed E-state index contributed by atoms with van der Waals surface area (Å²) in [5.74, 6) is -1.84. The lowest BCUT2D eigenvalue weighted by Gasteiger charge is -2.10. The van der Waals surface area contributed by atoms with Gasteiger partial charge in [0.15, 0.2) is 0 Å². The number of carbonyl (C=O) groups excluding carboxylic acids is 2. The summed E-state index contributed by atoms with van der Waals surface area (Å²) in [7, 11) is 0. The molecule has 0 radical (unpaired) electrons. The number of carboxylic acids is 1. The van der Waals surface area contributed by atoms with Crippen LogP contribution in [0.3, 0.4) is 0 Å². The van der Waals surface area contributed by atoms with Gasteiger partial charge < -0.3 is 5.11 Å². The first-order valence-electron chi connectivity index (χ1n) is 6.03. The van der Waals surface area contributed by atoms with Gasteiger partial charge in [-0.3, -0.25) is 25.2 Å². The molecule has 1 unspecified atom stereocenters. The van der Waals surface area contributed by atoms with E-state index < -0.39 is 23.0 Å². The molecular weight excluding hydrogens is 280 g/mol. The number of rotatable bonds is 6. The predicted octanol–water partition coefficient (Wildman–Crippen LogP) is 1.04. The minimum Gasteiger partial charge on any atom is -0.480 e. The van der Waals surface area contributed by atoms with Crippen LogP contribution in [0.15, 0.2) is 30.3 Å². The van der Waals surface area contributed by atoms with E-state index >= 15 is 0 Å². The molecule has 1 rings (SSSR count). The lowest BCUT2D eigenvalue weighted by molar-refractivity contribution is -0.136. The lowest BCUT2D eigenvalue weighted by Crippen LogP contribution is -2.42. The van der Waals surface area contributed by atoms with Gasteiger partial charge in [0.2, 0.25) is 5.91 Å². The molecule has 0 fully saturated rings. The Balaban J connectivity index is 2.33. The Kier molecular flexibility index (Phi) is 6.58. The van der Waals surface area contributed by atoms with Crippen molar-refractivity contribution in [2.45, 2.75) is 18.6 Å². The topological polar surface area (TPSA) is 95.5 Å². The van der Waals surface area contributed by atoms with E-state index in [1.54, 1.807) is 37.3 Å². The van der Waals surface area contributed by atoms with E-state index in [0.717, 1.165) is 11.8 Å². The number of carbonyl (C=O) groups is 3. The van der Waals surface area contributed by atoms with Gasteiger partial charge in [0.1, 0.15) is 5.25 Å². The zero-order valence-electron chi connectivity index (χ0n) is 11.0. The van der Waals surface area contributed by atoms with Crippen LogP contribution in [0.1, 0.15) is 23.7 Å². The number of carboxylic acid groups (broad SMARTS) is 1. The van der Waals surface area contributed by atoms with E-state index in [2.05, 4.69) is 10.9 Å². The van der Waals surface area contributed by atoms with Crippen molar-refractivity contribution in [1.29, 1.82) is 0 Å². The average Bonchev–Trinajstić information content (AvgIpc) is 2.46. The molecule has 1 atom stereocenters. The Labute approximate surface area is 120 Å². The zero-order chi connectivity index (χ0) is 15.0. The average molecular weight is 296 g/mol. The van der Waals surface area contributed by atoms with Crippen LogP contribution in [0.2, 0.25) is 0 Å². The molecule has 0 bridgehead atoms. The van der Waals surface area contributed by atoms with Crippen LogP contribution in [0, 0.1) is 0 Å². The number of thioether (sulfide) groups is 1. The molecule has 6 nitrogen and oxygen atoms in total. The van der Waals surface area contributed by atoms with Crippen LogP contribution in [0.25, 0.3) is 0 Å². The minimum absolute atomic E-state index is 0.0279. The summed E-state index contributed by atoms with van der Waals surface area (Å²) < 4.78 is 0. The first-order valence-corrected chi connectivity index (χ1v) is 7.08. The Morgan fingerprint density at radius 2 is 1.85 bits per heavy atom. The van der Waals surface area contributed by atoms with E-state index in [-0.39, 0.29) is 5.75 Å². The summed E-state index contributed by atoms with van der Waals surface area (Å²) in [5, 5.41) is 8.21. The highest BCUT2D eigenvalue weighted by atomic mass is 32.2. The molecular formula is C13H16N2O4S. The number of aliphatic carboxylic acids is 1. The maximum Gasteiger partial charge on any atom is 0.316 e. The summed E-state index contributed by atoms with van der Waals surface area (Å²) >= 11 is 1.02. The highest BCUT2D eigenvalue weighted by Crippen LogP contribution is 2.13. The number of hydrogen-bond donors (Lipinski definition) is 3. The van der Waals surface area contributed by atoms with Gasteiger partial charge in [-0.1, -0.05) is 25.1 Å². The normalized spacial score (nSPS) is 11.4. The van der Waals surface area contributed by atoms with Gasteiger partial charge in [0.25, 0.3) is 5.91 Å². The lowest BCUT2D eigenvalue weighted by atomic mass is 10.2. The van der Waals surface area contributed by atoms with Gasteiger partial charge in [-0.2, -0.15) is 0 Å². The van der Waals surface area contributed by atoms with Crippen LogP contribution < -0.4 is 10.9 Å². The monoisotopic (exact) mass is 296 g/mol. The highest BCUT2D eigenvalue weighted by molar-refractivity contribution is 8.01. The third-order valence-electron chi connectivity index (χ3n) is 2.41. The SMILES string of the molecule is CCC(SCC(=O)NNC(=O)c1ccccc1)C(=O)O. The fraction of sp³-hybridized carbons (Fsp3) is 0.308. The second-order valence-corrected chi connectivity index (χ2v) is 5.11. The Morgan fingerprint density at radius 1 is 1.20 bits per heavy atom. The molecule has 1 aromatic rings. The second kappa shape index (κ2) is 8.21. The molecule has 0 aliphatic rings. The van der Waals surface area contributed by atoms with Gasteiger partial charge in [0, 0.05) is 5.56 Å². The fourth-order valence-electron chi connectivity index (χ4n) is 1.36. The molecule has 108 valence electrons. The molecule has 0 saturated heterocycles. The van der Waals surface area contributed by atoms with E-state index in [1.807, 2.05) is 0 Å². The molecule has 2 amide bonds. The first kappa shape index (κ1) is 16.0. The van der Waals surface area contributed by atoms with E-state index in [1.165, 1.54) is 0 Å². The Hall–Kier alpha value is -2.02. The van der Waals surface area contributed by atoms with Crippen LogP contribution in [-0.4, -0.2) is 33.9 Å². The number of benzene rings is 1. The Morgan fingerprint density at radius 3 is 2.40 bits per heavy atom. The molecule has 0 spiro atoms. The standard InChI is InChI=1S/C13H16N2O4S/c1-2-10(13(18)19)20-8-11(16)14-15-12(17)9-6-4-3-5-7-9/h3-7,10H,2,8H2,1H3,(H,14,16)(H,15,17)(H,18,19). The van der Waals surface area contributed by atoms with Gasteiger partial charge in [-0.15, -0.1) is 11.8 Å². The van der Waals surface area contributed by atoms with Crippen molar-refractivity contribution in [3.63, 3.8) is 0 Å². The van der Waals surface area contributed by atoms with Crippen LogP contribution in [0.5, 0.6) is 0 Å². The molecule has 3 N–H and O–H groups in total. The molecule has 0 aromatic heterocycles. The van der Waals surface area contributed by atoms with Gasteiger partial charge in [0.05, 0.1) is 5.75 Å². The van der Waals surface area contributed by atoms with Gasteiger partial charge in [-0.25, -0.2) is 0 Å². The maximum atomic E-state index is 11.6. The van der Waals surface area contributed by atoms with Crippen molar-refractivity contribution in [3.8, 4) is 0 Å². The molecule has 7 heteroatoms. The van der Waals surface area contributed by atoms with Gasteiger partial charge >= 0.3 is 5.97 Å². The van der Waals surface area contributed by atoms with Crippen LogP contribution in [-0.2, 0) is 9.59 Å². The van der Waals surface area contributed by atoms with E-state index in [9.17, 15) is 14.4 Å². The summed E-state index contributed by atoms with van der Waals surface area (Å²) in [4.78, 5) is 33.9. The molecule has 0 saturated carbocycles. The van der Waals surface area contributed by atoms with Gasteiger partial charge in [-0.05, 0) is 18.6 Å². The van der Waals surface area contributed by atoms with Crippen molar-refractivity contribution in [3.05, 3.63) is 35.9 Å². The molecule has 0 aliphatic carbocycles. The fourth-order valence-corrected chi connectivity index (χ4v) is 2.17. The third kappa shape index (κ3) is 5.31. The first-order chi connectivity index (χ1) is 9.54. The number of hydrogen-bond acceptors (Lipinski definition) is 4. The molecule has 1 aromatic carbocycles. The summed E-state index contributed by atoms with van der Waals surface area (Å²) in [6, 6.07) is 8.45. The summed E-state index contributed by atoms with van der Waals surface area (Å²) in [5.41, 5.74) is 4.95. The quantitative estimate of drug-likeness (QED) is 0.682. The number of nitrogens with one attached hydrogen (secondary N) is 2. The number of amides is 2. The van der Waals surface area contributed by atoms with Crippen molar-refractivity contribution < 1.29 is 19.5 Å².